The van der Waals surface area contributed by atoms with Crippen molar-refractivity contribution in [3.63, 3.8) is 0 Å². The van der Waals surface area contributed by atoms with E-state index < -0.39 is 0 Å². The second-order valence-electron chi connectivity index (χ2n) is 11.3. The molecule has 0 N–H and O–H groups in total. The molecule has 41 heavy (non-hydrogen) atoms. The highest BCUT2D eigenvalue weighted by atomic mass is 15.5. The average molecular weight is 537 g/mol. The normalized spacial score (nSPS) is 22.3. The maximum Gasteiger partial charge on any atom is 0.157 e. The molecule has 0 amide bonds. The summed E-state index contributed by atoms with van der Waals surface area (Å²) in [6.07, 6.45) is 3.68. The van der Waals surface area contributed by atoms with Crippen molar-refractivity contribution in [3.05, 3.63) is 127 Å². The second-order valence-corrected chi connectivity index (χ2v) is 11.3. The van der Waals surface area contributed by atoms with Crippen LogP contribution in [0.3, 0.4) is 0 Å². The van der Waals surface area contributed by atoms with Gasteiger partial charge in [0.15, 0.2) is 5.82 Å². The van der Waals surface area contributed by atoms with Crippen molar-refractivity contribution in [2.75, 3.05) is 26.6 Å². The molecule has 202 valence electrons. The summed E-state index contributed by atoms with van der Waals surface area (Å²) in [5.74, 6) is 1.39. The minimum absolute atomic E-state index is 0.000759. The molecule has 6 heteroatoms. The van der Waals surface area contributed by atoms with Crippen LogP contribution >= 0.6 is 0 Å². The van der Waals surface area contributed by atoms with E-state index in [1.807, 2.05) is 6.20 Å². The van der Waals surface area contributed by atoms with E-state index in [4.69, 9.17) is 4.98 Å². The Hall–Kier alpha value is -4.84. The van der Waals surface area contributed by atoms with Gasteiger partial charge in [-0.05, 0) is 60.4 Å². The monoisotopic (exact) mass is 536 g/mol. The first kappa shape index (κ1) is 24.0. The molecule has 0 aliphatic carbocycles. The van der Waals surface area contributed by atoms with Crippen LogP contribution in [0.25, 0.3) is 0 Å². The highest BCUT2D eigenvalue weighted by Gasteiger charge is 2.55. The summed E-state index contributed by atoms with van der Waals surface area (Å²) in [5, 5.41) is 0. The Morgan fingerprint density at radius 2 is 1.22 bits per heavy atom. The first-order valence-corrected chi connectivity index (χ1v) is 14.3. The smallest absolute Gasteiger partial charge is 0.157 e. The van der Waals surface area contributed by atoms with Crippen LogP contribution in [0, 0.1) is 12.8 Å². The summed E-state index contributed by atoms with van der Waals surface area (Å²) in [4.78, 5) is 19.3. The highest BCUT2D eigenvalue weighted by Crippen LogP contribution is 2.59. The summed E-state index contributed by atoms with van der Waals surface area (Å²) in [6, 6.07) is 37.3. The third-order valence-electron chi connectivity index (χ3n) is 9.22. The lowest BCUT2D eigenvalue weighted by atomic mass is 9.77. The van der Waals surface area contributed by atoms with Crippen LogP contribution in [0.5, 0.6) is 0 Å². The van der Waals surface area contributed by atoms with Gasteiger partial charge in [-0.3, -0.25) is 0 Å². The molecule has 4 aromatic carbocycles. The van der Waals surface area contributed by atoms with E-state index in [1.54, 1.807) is 6.33 Å². The molecule has 0 fully saturated rings. The molecular formula is C35H32N6. The summed E-state index contributed by atoms with van der Waals surface area (Å²) >= 11 is 0. The number of aryl methyl sites for hydroxylation is 1. The summed E-state index contributed by atoms with van der Waals surface area (Å²) in [7, 11) is 2.20. The molecule has 3 aliphatic heterocycles. The van der Waals surface area contributed by atoms with E-state index in [2.05, 4.69) is 149 Å². The van der Waals surface area contributed by atoms with Crippen molar-refractivity contribution >= 4 is 39.9 Å². The Morgan fingerprint density at radius 3 is 1.98 bits per heavy atom. The van der Waals surface area contributed by atoms with Crippen molar-refractivity contribution in [2.45, 2.75) is 32.1 Å². The SMILES string of the molecule is Cc1ccccc1N1c2cncnc2N(C)C1C1C(C)c2ccccc2N2c3ccccc3N(c3ccccc3)C12. The zero-order valence-electron chi connectivity index (χ0n) is 23.5. The van der Waals surface area contributed by atoms with Gasteiger partial charge in [-0.15, -0.1) is 0 Å². The Bertz CT molecular complexity index is 1750. The number of hydrogen-bond donors (Lipinski definition) is 0. The van der Waals surface area contributed by atoms with Crippen LogP contribution in [-0.2, 0) is 0 Å². The van der Waals surface area contributed by atoms with Crippen molar-refractivity contribution in [1.82, 2.24) is 9.97 Å². The molecule has 0 bridgehead atoms. The molecule has 4 unspecified atom stereocenters. The van der Waals surface area contributed by atoms with Crippen molar-refractivity contribution in [1.29, 1.82) is 0 Å². The minimum atomic E-state index is -0.000759. The van der Waals surface area contributed by atoms with Crippen LogP contribution in [0.1, 0.15) is 24.0 Å². The molecule has 4 atom stereocenters. The van der Waals surface area contributed by atoms with Gasteiger partial charge in [-0.2, -0.15) is 0 Å². The van der Waals surface area contributed by atoms with Crippen molar-refractivity contribution < 1.29 is 0 Å². The van der Waals surface area contributed by atoms with Gasteiger partial charge in [0.05, 0.1) is 17.6 Å². The molecule has 8 rings (SSSR count). The fraction of sp³-hybridized carbons (Fsp3) is 0.200. The first-order chi connectivity index (χ1) is 20.1. The molecule has 3 aliphatic rings. The number of fused-ring (bicyclic) bond motifs is 6. The molecule has 6 nitrogen and oxygen atoms in total. The van der Waals surface area contributed by atoms with Crippen LogP contribution in [0.2, 0.25) is 0 Å². The Labute approximate surface area is 241 Å². The van der Waals surface area contributed by atoms with E-state index >= 15 is 0 Å². The summed E-state index contributed by atoms with van der Waals surface area (Å²) < 4.78 is 0. The third kappa shape index (κ3) is 3.37. The molecule has 0 saturated heterocycles. The van der Waals surface area contributed by atoms with E-state index in [1.165, 1.54) is 39.6 Å². The molecule has 0 saturated carbocycles. The quantitative estimate of drug-likeness (QED) is 0.235. The number of benzene rings is 4. The van der Waals surface area contributed by atoms with Gasteiger partial charge in [0.1, 0.15) is 24.3 Å². The van der Waals surface area contributed by atoms with Crippen molar-refractivity contribution in [2.24, 2.45) is 5.92 Å². The van der Waals surface area contributed by atoms with Crippen LogP contribution in [0.15, 0.2) is 116 Å². The standard InChI is InChI=1S/C35H32N6/c1-23-13-7-9-17-27(23)40-31-21-36-22-37-33(31)38(3)34(40)32-24(2)26-16-8-10-18-28(26)41-30-20-12-11-19-29(30)39(35(32)41)25-14-5-4-6-15-25/h4-22,24,32,34-35H,1-3H3. The van der Waals surface area contributed by atoms with Crippen molar-refractivity contribution in [3.8, 4) is 0 Å². The zero-order chi connectivity index (χ0) is 27.7. The first-order valence-electron chi connectivity index (χ1n) is 14.3. The summed E-state index contributed by atoms with van der Waals surface area (Å²) in [6.45, 7) is 4.60. The lowest BCUT2D eigenvalue weighted by Crippen LogP contribution is -2.59. The van der Waals surface area contributed by atoms with Gasteiger partial charge in [0.25, 0.3) is 0 Å². The van der Waals surface area contributed by atoms with Gasteiger partial charge in [0, 0.05) is 30.0 Å². The van der Waals surface area contributed by atoms with Gasteiger partial charge in [0.2, 0.25) is 0 Å². The average Bonchev–Trinajstić information content (AvgIpc) is 3.51. The topological polar surface area (TPSA) is 38.7 Å². The number of aromatic nitrogens is 2. The van der Waals surface area contributed by atoms with E-state index in [0.29, 0.717) is 0 Å². The second kappa shape index (κ2) is 9.10. The fourth-order valence-corrected chi connectivity index (χ4v) is 7.47. The Morgan fingerprint density at radius 1 is 0.610 bits per heavy atom. The molecular weight excluding hydrogens is 504 g/mol. The Balaban J connectivity index is 1.40. The number of anilines is 7. The van der Waals surface area contributed by atoms with Crippen LogP contribution in [-0.4, -0.2) is 29.3 Å². The predicted octanol–water partition coefficient (Wildman–Crippen LogP) is 7.75. The highest BCUT2D eigenvalue weighted by molar-refractivity contribution is 5.91. The molecule has 4 heterocycles. The summed E-state index contributed by atoms with van der Waals surface area (Å²) in [5.41, 5.74) is 9.81. The molecule has 5 aromatic rings. The minimum Gasteiger partial charge on any atom is -0.337 e. The molecule has 0 radical (unpaired) electrons. The Kier molecular flexibility index (Phi) is 5.32. The predicted molar refractivity (Wildman–Crippen MR) is 167 cm³/mol. The maximum absolute atomic E-state index is 4.81. The van der Waals surface area contributed by atoms with E-state index in [-0.39, 0.29) is 24.2 Å². The fourth-order valence-electron chi connectivity index (χ4n) is 7.47. The largest absolute Gasteiger partial charge is 0.337 e. The third-order valence-corrected chi connectivity index (χ3v) is 9.22. The number of para-hydroxylation sites is 5. The molecule has 1 aromatic heterocycles. The van der Waals surface area contributed by atoms with Gasteiger partial charge >= 0.3 is 0 Å². The van der Waals surface area contributed by atoms with E-state index in [9.17, 15) is 0 Å². The lowest BCUT2D eigenvalue weighted by Gasteiger charge is -2.51. The number of rotatable bonds is 3. The molecule has 0 spiro atoms. The number of nitrogens with zero attached hydrogens (tertiary/aromatic N) is 6. The van der Waals surface area contributed by atoms with Crippen LogP contribution in [0.4, 0.5) is 39.9 Å². The maximum atomic E-state index is 4.81. The van der Waals surface area contributed by atoms with E-state index in [0.717, 1.165) is 11.5 Å². The number of hydrogen-bond acceptors (Lipinski definition) is 6. The van der Waals surface area contributed by atoms with Gasteiger partial charge in [-0.1, -0.05) is 73.7 Å². The van der Waals surface area contributed by atoms with Gasteiger partial charge in [-0.25, -0.2) is 9.97 Å². The lowest BCUT2D eigenvalue weighted by molar-refractivity contribution is 0.298. The van der Waals surface area contributed by atoms with Gasteiger partial charge < -0.3 is 19.6 Å². The van der Waals surface area contributed by atoms with Crippen LogP contribution < -0.4 is 19.6 Å². The zero-order valence-corrected chi connectivity index (χ0v) is 23.5.